The van der Waals surface area contributed by atoms with Crippen molar-refractivity contribution in [2.24, 2.45) is 5.92 Å². The Morgan fingerprint density at radius 1 is 1.33 bits per heavy atom. The maximum Gasteiger partial charge on any atom is 0.127 e. The molecule has 1 aliphatic rings. The van der Waals surface area contributed by atoms with E-state index in [1.807, 2.05) is 18.2 Å². The van der Waals surface area contributed by atoms with Gasteiger partial charge in [-0.2, -0.15) is 0 Å². The van der Waals surface area contributed by atoms with E-state index >= 15 is 0 Å². The fourth-order valence-corrected chi connectivity index (χ4v) is 2.55. The van der Waals surface area contributed by atoms with E-state index in [1.54, 1.807) is 0 Å². The molecule has 82 valence electrons. The Balaban J connectivity index is 2.01. The van der Waals surface area contributed by atoms with Crippen LogP contribution in [-0.4, -0.2) is 11.0 Å². The standard InChI is InChI=1S/C12H17BrN2/c1-9-5-2-3-6-10(9)14-12-8-4-7-11(13)15-12/h4,7-10H,2-3,5-6H2,1H3,(H,14,15). The zero-order chi connectivity index (χ0) is 10.7. The monoisotopic (exact) mass is 268 g/mol. The minimum atomic E-state index is 0.598. The van der Waals surface area contributed by atoms with Crippen molar-refractivity contribution in [2.75, 3.05) is 5.32 Å². The Morgan fingerprint density at radius 2 is 2.13 bits per heavy atom. The summed E-state index contributed by atoms with van der Waals surface area (Å²) in [5.74, 6) is 1.75. The van der Waals surface area contributed by atoms with Crippen molar-refractivity contribution in [3.05, 3.63) is 22.8 Å². The van der Waals surface area contributed by atoms with E-state index in [1.165, 1.54) is 25.7 Å². The van der Waals surface area contributed by atoms with Crippen LogP contribution in [-0.2, 0) is 0 Å². The number of hydrogen-bond acceptors (Lipinski definition) is 2. The summed E-state index contributed by atoms with van der Waals surface area (Å²) in [4.78, 5) is 4.41. The van der Waals surface area contributed by atoms with Crippen LogP contribution in [0.1, 0.15) is 32.6 Å². The Hall–Kier alpha value is -0.570. The smallest absolute Gasteiger partial charge is 0.127 e. The predicted molar refractivity (Wildman–Crippen MR) is 67.0 cm³/mol. The molecule has 0 spiro atoms. The largest absolute Gasteiger partial charge is 0.367 e. The molecule has 0 amide bonds. The SMILES string of the molecule is CC1CCCCC1Nc1cccc(Br)n1. The number of pyridine rings is 1. The van der Waals surface area contributed by atoms with E-state index in [0.717, 1.165) is 16.3 Å². The van der Waals surface area contributed by atoms with Gasteiger partial charge in [-0.25, -0.2) is 4.98 Å². The number of nitrogens with zero attached hydrogens (tertiary/aromatic N) is 1. The van der Waals surface area contributed by atoms with E-state index in [-0.39, 0.29) is 0 Å². The zero-order valence-electron chi connectivity index (χ0n) is 9.04. The lowest BCUT2D eigenvalue weighted by Gasteiger charge is -2.29. The number of rotatable bonds is 2. The van der Waals surface area contributed by atoms with Gasteiger partial charge in [-0.1, -0.05) is 25.8 Å². The van der Waals surface area contributed by atoms with Gasteiger partial charge in [-0.15, -0.1) is 0 Å². The number of nitrogens with one attached hydrogen (secondary N) is 1. The summed E-state index contributed by atoms with van der Waals surface area (Å²) >= 11 is 3.39. The number of hydrogen-bond donors (Lipinski definition) is 1. The van der Waals surface area contributed by atoms with Gasteiger partial charge in [-0.3, -0.25) is 0 Å². The molecule has 1 heterocycles. The second-order valence-corrected chi connectivity index (χ2v) is 5.17. The Bertz CT molecular complexity index is 327. The third-order valence-corrected chi connectivity index (χ3v) is 3.60. The highest BCUT2D eigenvalue weighted by molar-refractivity contribution is 9.10. The van der Waals surface area contributed by atoms with E-state index in [0.29, 0.717) is 6.04 Å². The first-order valence-corrected chi connectivity index (χ1v) is 6.44. The van der Waals surface area contributed by atoms with Crippen molar-refractivity contribution in [3.8, 4) is 0 Å². The normalized spacial score (nSPS) is 26.3. The molecule has 3 heteroatoms. The molecule has 0 aliphatic heterocycles. The number of aromatic nitrogens is 1. The highest BCUT2D eigenvalue weighted by Crippen LogP contribution is 2.26. The molecule has 0 saturated heterocycles. The van der Waals surface area contributed by atoms with Crippen LogP contribution in [0.3, 0.4) is 0 Å². The average molecular weight is 269 g/mol. The molecule has 2 rings (SSSR count). The molecule has 1 fully saturated rings. The van der Waals surface area contributed by atoms with Gasteiger partial charge in [0.1, 0.15) is 10.4 Å². The van der Waals surface area contributed by atoms with Gasteiger partial charge in [0.05, 0.1) is 0 Å². The summed E-state index contributed by atoms with van der Waals surface area (Å²) in [6, 6.07) is 6.61. The molecule has 2 atom stereocenters. The number of anilines is 1. The van der Waals surface area contributed by atoms with Crippen LogP contribution in [0.25, 0.3) is 0 Å². The van der Waals surface area contributed by atoms with Crippen molar-refractivity contribution in [1.29, 1.82) is 0 Å². The summed E-state index contributed by atoms with van der Waals surface area (Å²) in [6.07, 6.45) is 5.34. The molecule has 2 nitrogen and oxygen atoms in total. The van der Waals surface area contributed by atoms with Gasteiger partial charge in [0.25, 0.3) is 0 Å². The summed E-state index contributed by atoms with van der Waals surface area (Å²) in [7, 11) is 0. The maximum absolute atomic E-state index is 4.41. The summed E-state index contributed by atoms with van der Waals surface area (Å²) < 4.78 is 0.899. The Labute approximate surface area is 99.6 Å². The number of halogens is 1. The molecule has 1 aliphatic carbocycles. The van der Waals surface area contributed by atoms with Crippen LogP contribution in [0.15, 0.2) is 22.8 Å². The second-order valence-electron chi connectivity index (χ2n) is 4.36. The lowest BCUT2D eigenvalue weighted by atomic mass is 9.86. The quantitative estimate of drug-likeness (QED) is 0.825. The third kappa shape index (κ3) is 2.94. The zero-order valence-corrected chi connectivity index (χ0v) is 10.6. The minimum Gasteiger partial charge on any atom is -0.367 e. The fraction of sp³-hybridized carbons (Fsp3) is 0.583. The van der Waals surface area contributed by atoms with Crippen molar-refractivity contribution in [3.63, 3.8) is 0 Å². The average Bonchev–Trinajstić information content (AvgIpc) is 2.22. The molecule has 0 radical (unpaired) electrons. The van der Waals surface area contributed by atoms with Crippen LogP contribution < -0.4 is 5.32 Å². The van der Waals surface area contributed by atoms with Crippen LogP contribution >= 0.6 is 15.9 Å². The van der Waals surface area contributed by atoms with Crippen LogP contribution in [0.2, 0.25) is 0 Å². The van der Waals surface area contributed by atoms with E-state index in [9.17, 15) is 0 Å². The van der Waals surface area contributed by atoms with Gasteiger partial charge in [0.15, 0.2) is 0 Å². The van der Waals surface area contributed by atoms with Gasteiger partial charge >= 0.3 is 0 Å². The van der Waals surface area contributed by atoms with Crippen molar-refractivity contribution < 1.29 is 0 Å². The van der Waals surface area contributed by atoms with Gasteiger partial charge in [0.2, 0.25) is 0 Å². The van der Waals surface area contributed by atoms with Crippen molar-refractivity contribution in [1.82, 2.24) is 4.98 Å². The maximum atomic E-state index is 4.41. The van der Waals surface area contributed by atoms with Gasteiger partial charge in [-0.05, 0) is 46.8 Å². The van der Waals surface area contributed by atoms with Crippen molar-refractivity contribution in [2.45, 2.75) is 38.6 Å². The summed E-state index contributed by atoms with van der Waals surface area (Å²) in [5, 5.41) is 3.53. The molecule has 0 bridgehead atoms. The van der Waals surface area contributed by atoms with Gasteiger partial charge in [0, 0.05) is 6.04 Å². The first-order valence-electron chi connectivity index (χ1n) is 5.65. The molecular weight excluding hydrogens is 252 g/mol. The molecule has 15 heavy (non-hydrogen) atoms. The first kappa shape index (κ1) is 10.9. The first-order chi connectivity index (χ1) is 7.25. The lowest BCUT2D eigenvalue weighted by Crippen LogP contribution is -2.30. The van der Waals surface area contributed by atoms with Crippen LogP contribution in [0, 0.1) is 5.92 Å². The Morgan fingerprint density at radius 3 is 2.87 bits per heavy atom. The molecule has 1 saturated carbocycles. The molecule has 1 aromatic heterocycles. The highest BCUT2D eigenvalue weighted by Gasteiger charge is 2.21. The summed E-state index contributed by atoms with van der Waals surface area (Å²) in [5.41, 5.74) is 0. The topological polar surface area (TPSA) is 24.9 Å². The molecule has 0 aromatic carbocycles. The van der Waals surface area contributed by atoms with E-state index in [4.69, 9.17) is 0 Å². The lowest BCUT2D eigenvalue weighted by molar-refractivity contribution is 0.349. The van der Waals surface area contributed by atoms with E-state index in [2.05, 4.69) is 33.2 Å². The molecular formula is C12H17BrN2. The molecule has 1 aromatic rings. The molecule has 2 unspecified atom stereocenters. The third-order valence-electron chi connectivity index (χ3n) is 3.16. The summed E-state index contributed by atoms with van der Waals surface area (Å²) in [6.45, 7) is 2.33. The Kier molecular flexibility index (Phi) is 3.62. The molecule has 1 N–H and O–H groups in total. The highest BCUT2D eigenvalue weighted by atomic mass is 79.9. The van der Waals surface area contributed by atoms with Crippen LogP contribution in [0.4, 0.5) is 5.82 Å². The predicted octanol–water partition coefficient (Wildman–Crippen LogP) is 3.83. The van der Waals surface area contributed by atoms with Crippen molar-refractivity contribution >= 4 is 21.7 Å². The minimum absolute atomic E-state index is 0.598. The van der Waals surface area contributed by atoms with Gasteiger partial charge < -0.3 is 5.32 Å². The van der Waals surface area contributed by atoms with E-state index < -0.39 is 0 Å². The fourth-order valence-electron chi connectivity index (χ4n) is 2.21. The van der Waals surface area contributed by atoms with Crippen LogP contribution in [0.5, 0.6) is 0 Å². The second kappa shape index (κ2) is 4.97.